The second kappa shape index (κ2) is 6.46. The lowest BCUT2D eigenvalue weighted by atomic mass is 9.49. The summed E-state index contributed by atoms with van der Waals surface area (Å²) in [5.41, 5.74) is 1.93. The molecule has 1 aliphatic carbocycles. The highest BCUT2D eigenvalue weighted by atomic mass is 16.5. The van der Waals surface area contributed by atoms with Crippen LogP contribution in [0.3, 0.4) is 0 Å². The number of hydrogen-bond donors (Lipinski definition) is 0. The van der Waals surface area contributed by atoms with E-state index in [0.717, 1.165) is 44.5 Å². The van der Waals surface area contributed by atoms with E-state index in [1.54, 1.807) is 4.90 Å². The van der Waals surface area contributed by atoms with Crippen LogP contribution in [0.2, 0.25) is 0 Å². The zero-order valence-corrected chi connectivity index (χ0v) is 17.5. The number of benzene rings is 1. The smallest absolute Gasteiger partial charge is 0.414 e. The minimum atomic E-state index is -0.383. The molecule has 0 N–H and O–H groups in total. The summed E-state index contributed by atoms with van der Waals surface area (Å²) in [6.07, 6.45) is 4.68. The van der Waals surface area contributed by atoms with Crippen LogP contribution < -0.4 is 4.90 Å². The van der Waals surface area contributed by atoms with E-state index < -0.39 is 0 Å². The predicted octanol–water partition coefficient (Wildman–Crippen LogP) is 3.34. The van der Waals surface area contributed by atoms with E-state index in [-0.39, 0.29) is 34.9 Å². The number of para-hydroxylation sites is 1. The molecule has 1 aromatic rings. The number of hydrogen-bond acceptors (Lipinski definition) is 5. The number of carbonyl (C=O) groups excluding carboxylic acids is 2. The van der Waals surface area contributed by atoms with E-state index in [1.807, 2.05) is 12.1 Å². The number of amides is 1. The van der Waals surface area contributed by atoms with Crippen molar-refractivity contribution >= 4 is 17.7 Å². The highest BCUT2D eigenvalue weighted by Gasteiger charge is 2.72. The van der Waals surface area contributed by atoms with Crippen molar-refractivity contribution in [3.05, 3.63) is 29.8 Å². The molecule has 0 radical (unpaired) electrons. The molecule has 2 saturated heterocycles. The highest BCUT2D eigenvalue weighted by molar-refractivity contribution is 5.94. The SMILES string of the molecule is CCC12CCCN3CCC4(c5ccccc5N(C(=O)OC)C4C(C(=O)OC)C1)C32. The first-order chi connectivity index (χ1) is 14.0. The van der Waals surface area contributed by atoms with Crippen molar-refractivity contribution in [2.75, 3.05) is 32.2 Å². The Labute approximate surface area is 172 Å². The third kappa shape index (κ3) is 2.21. The molecule has 0 bridgehead atoms. The summed E-state index contributed by atoms with van der Waals surface area (Å²) < 4.78 is 10.5. The van der Waals surface area contributed by atoms with Gasteiger partial charge in [-0.2, -0.15) is 0 Å². The molecular weight excluding hydrogens is 368 g/mol. The molecule has 1 saturated carbocycles. The number of piperidine rings is 1. The maximum Gasteiger partial charge on any atom is 0.414 e. The van der Waals surface area contributed by atoms with Gasteiger partial charge >= 0.3 is 12.1 Å². The van der Waals surface area contributed by atoms with Gasteiger partial charge in [0.1, 0.15) is 0 Å². The first-order valence-electron chi connectivity index (χ1n) is 10.8. The number of fused-ring (bicyclic) bond motifs is 1. The summed E-state index contributed by atoms with van der Waals surface area (Å²) in [5, 5.41) is 0. The maximum absolute atomic E-state index is 13.1. The third-order valence-electron chi connectivity index (χ3n) is 8.42. The minimum Gasteiger partial charge on any atom is -0.469 e. The molecule has 1 spiro atoms. The van der Waals surface area contributed by atoms with E-state index in [1.165, 1.54) is 26.2 Å². The fourth-order valence-electron chi connectivity index (χ4n) is 7.56. The van der Waals surface area contributed by atoms with Crippen molar-refractivity contribution in [3.63, 3.8) is 0 Å². The molecule has 1 amide bonds. The maximum atomic E-state index is 13.1. The van der Waals surface area contributed by atoms with Crippen LogP contribution in [0.25, 0.3) is 0 Å². The van der Waals surface area contributed by atoms with Crippen molar-refractivity contribution in [3.8, 4) is 0 Å². The Morgan fingerprint density at radius 1 is 1.14 bits per heavy atom. The molecule has 5 atom stereocenters. The molecule has 3 aliphatic heterocycles. The lowest BCUT2D eigenvalue weighted by Crippen LogP contribution is -2.69. The number of rotatable bonds is 2. The van der Waals surface area contributed by atoms with Crippen LogP contribution in [0.5, 0.6) is 0 Å². The van der Waals surface area contributed by atoms with Crippen molar-refractivity contribution in [2.45, 2.75) is 56.5 Å². The number of ether oxygens (including phenoxy) is 2. The van der Waals surface area contributed by atoms with Gasteiger partial charge in [0.15, 0.2) is 0 Å². The summed E-state index contributed by atoms with van der Waals surface area (Å²) in [5.74, 6) is -0.549. The van der Waals surface area contributed by atoms with Gasteiger partial charge in [-0.05, 0) is 62.2 Å². The Bertz CT molecular complexity index is 857. The summed E-state index contributed by atoms with van der Waals surface area (Å²) in [6.45, 7) is 4.38. The van der Waals surface area contributed by atoms with E-state index >= 15 is 0 Å². The molecule has 3 fully saturated rings. The molecular formula is C23H30N2O4. The van der Waals surface area contributed by atoms with E-state index in [2.05, 4.69) is 24.0 Å². The number of anilines is 1. The zero-order valence-electron chi connectivity index (χ0n) is 17.5. The normalized spacial score (nSPS) is 37.5. The molecule has 6 nitrogen and oxygen atoms in total. The van der Waals surface area contributed by atoms with E-state index in [0.29, 0.717) is 6.04 Å². The quantitative estimate of drug-likeness (QED) is 0.715. The Morgan fingerprint density at radius 2 is 1.93 bits per heavy atom. The van der Waals surface area contributed by atoms with Gasteiger partial charge in [0.25, 0.3) is 0 Å². The molecule has 5 rings (SSSR count). The first-order valence-corrected chi connectivity index (χ1v) is 10.8. The molecule has 0 aromatic heterocycles. The van der Waals surface area contributed by atoms with Crippen molar-refractivity contribution in [2.24, 2.45) is 11.3 Å². The lowest BCUT2D eigenvalue weighted by Gasteiger charge is -2.60. The van der Waals surface area contributed by atoms with Gasteiger partial charge in [-0.25, -0.2) is 4.79 Å². The van der Waals surface area contributed by atoms with Crippen LogP contribution in [-0.4, -0.2) is 56.4 Å². The molecule has 6 heteroatoms. The largest absolute Gasteiger partial charge is 0.469 e. The molecule has 156 valence electrons. The van der Waals surface area contributed by atoms with Gasteiger partial charge in [0.05, 0.1) is 31.9 Å². The van der Waals surface area contributed by atoms with Crippen LogP contribution in [0, 0.1) is 11.3 Å². The Hall–Kier alpha value is -2.08. The van der Waals surface area contributed by atoms with Crippen LogP contribution >= 0.6 is 0 Å². The van der Waals surface area contributed by atoms with Crippen LogP contribution in [0.4, 0.5) is 10.5 Å². The summed E-state index contributed by atoms with van der Waals surface area (Å²) in [6, 6.07) is 8.29. The fourth-order valence-corrected chi connectivity index (χ4v) is 7.56. The van der Waals surface area contributed by atoms with Crippen LogP contribution in [-0.2, 0) is 19.7 Å². The van der Waals surface area contributed by atoms with Crippen LogP contribution in [0.15, 0.2) is 24.3 Å². The molecule has 5 unspecified atom stereocenters. The first kappa shape index (κ1) is 18.9. The van der Waals surface area contributed by atoms with Gasteiger partial charge < -0.3 is 9.47 Å². The standard InChI is InChI=1S/C23H30N2O4/c1-4-22-10-7-12-24-13-11-23(20(22)24)16-8-5-6-9-17(16)25(21(27)29-3)18(23)15(14-22)19(26)28-2/h5-6,8-9,15,18,20H,4,7,10-14H2,1-3H3. The second-order valence-corrected chi connectivity index (χ2v) is 9.18. The summed E-state index contributed by atoms with van der Waals surface area (Å²) in [4.78, 5) is 30.5. The topological polar surface area (TPSA) is 59.1 Å². The fraction of sp³-hybridized carbons (Fsp3) is 0.652. The lowest BCUT2D eigenvalue weighted by molar-refractivity contribution is -0.154. The number of carbonyl (C=O) groups is 2. The van der Waals surface area contributed by atoms with Crippen molar-refractivity contribution < 1.29 is 19.1 Å². The Balaban J connectivity index is 1.78. The number of nitrogens with zero attached hydrogens (tertiary/aromatic N) is 2. The van der Waals surface area contributed by atoms with E-state index in [4.69, 9.17) is 9.47 Å². The number of methoxy groups -OCH3 is 2. The Kier molecular flexibility index (Phi) is 4.21. The number of esters is 1. The predicted molar refractivity (Wildman–Crippen MR) is 109 cm³/mol. The average Bonchev–Trinajstić information content (AvgIpc) is 3.30. The zero-order chi connectivity index (χ0) is 20.4. The Morgan fingerprint density at radius 3 is 2.66 bits per heavy atom. The molecule has 1 aromatic carbocycles. The summed E-state index contributed by atoms with van der Waals surface area (Å²) in [7, 11) is 2.88. The molecule has 3 heterocycles. The van der Waals surface area contributed by atoms with Gasteiger partial charge in [0.2, 0.25) is 0 Å². The van der Waals surface area contributed by atoms with Crippen LogP contribution in [0.1, 0.15) is 44.6 Å². The third-order valence-corrected chi connectivity index (χ3v) is 8.42. The van der Waals surface area contributed by atoms with Gasteiger partial charge in [-0.15, -0.1) is 0 Å². The van der Waals surface area contributed by atoms with Gasteiger partial charge in [-0.3, -0.25) is 14.6 Å². The van der Waals surface area contributed by atoms with E-state index in [9.17, 15) is 9.59 Å². The highest BCUT2D eigenvalue weighted by Crippen LogP contribution is 2.66. The molecule has 4 aliphatic rings. The monoisotopic (exact) mass is 398 g/mol. The molecule has 29 heavy (non-hydrogen) atoms. The summed E-state index contributed by atoms with van der Waals surface area (Å²) >= 11 is 0. The van der Waals surface area contributed by atoms with Gasteiger partial charge in [0, 0.05) is 11.5 Å². The average molecular weight is 399 g/mol. The van der Waals surface area contributed by atoms with Gasteiger partial charge in [-0.1, -0.05) is 25.1 Å². The van der Waals surface area contributed by atoms with Crippen molar-refractivity contribution in [1.82, 2.24) is 4.90 Å². The van der Waals surface area contributed by atoms with Crippen molar-refractivity contribution in [1.29, 1.82) is 0 Å². The second-order valence-electron chi connectivity index (χ2n) is 9.18. The minimum absolute atomic E-state index is 0.0728.